The number of aromatic nitrogens is 3. The topological polar surface area (TPSA) is 62.5 Å². The summed E-state index contributed by atoms with van der Waals surface area (Å²) in [5, 5.41) is 9.48. The molecule has 1 aromatic heterocycles. The third-order valence-electron chi connectivity index (χ3n) is 11.0. The van der Waals surface area contributed by atoms with Crippen LogP contribution < -0.4 is 0 Å². The highest BCUT2D eigenvalue weighted by Gasteiger charge is 2.46. The molecule has 266 valence electrons. The molecule has 0 amide bonds. The first-order valence-electron chi connectivity index (χ1n) is 19.1. The summed E-state index contributed by atoms with van der Waals surface area (Å²) in [7, 11) is 0. The van der Waals surface area contributed by atoms with E-state index < -0.39 is 5.41 Å². The second-order valence-electron chi connectivity index (χ2n) is 14.3. The van der Waals surface area contributed by atoms with Gasteiger partial charge in [0.15, 0.2) is 17.5 Å². The molecule has 0 N–H and O–H groups in total. The predicted octanol–water partition coefficient (Wildman–Crippen LogP) is 12.4. The van der Waals surface area contributed by atoms with Gasteiger partial charge in [0.05, 0.1) is 17.0 Å². The Morgan fingerprint density at radius 2 is 0.737 bits per heavy atom. The maximum absolute atomic E-state index is 9.48. The third kappa shape index (κ3) is 5.90. The number of fused-ring (bicyclic) bond motifs is 3. The maximum Gasteiger partial charge on any atom is 0.164 e. The van der Waals surface area contributed by atoms with Crippen LogP contribution in [0.2, 0.25) is 0 Å². The summed E-state index contributed by atoms with van der Waals surface area (Å²) in [4.78, 5) is 15.4. The minimum atomic E-state index is -0.645. The lowest BCUT2D eigenvalue weighted by atomic mass is 9.67. The molecule has 0 unspecified atom stereocenters. The quantitative estimate of drug-likeness (QED) is 0.164. The standard InChI is InChI=1S/C53H34N4/c54-35-36-28-30-38(31-29-36)41-19-12-22-44(33-41)53(48-26-9-7-24-46(48)47-25-8-10-27-49(47)53)45-23-13-21-43(34-45)52-56-50(39-16-5-2-6-17-39)55-51(57-52)42-20-11-18-40(32-42)37-14-3-1-4-15-37/h1-34H. The Labute approximate surface area is 332 Å². The lowest BCUT2D eigenvalue weighted by Crippen LogP contribution is -2.28. The Bertz CT molecular complexity index is 2920. The summed E-state index contributed by atoms with van der Waals surface area (Å²) >= 11 is 0. The van der Waals surface area contributed by atoms with Crippen molar-refractivity contribution >= 4 is 0 Å². The summed E-state index contributed by atoms with van der Waals surface area (Å²) in [6.45, 7) is 0. The van der Waals surface area contributed by atoms with Gasteiger partial charge in [0, 0.05) is 16.7 Å². The molecular weight excluding hydrogens is 693 g/mol. The van der Waals surface area contributed by atoms with E-state index in [-0.39, 0.29) is 0 Å². The van der Waals surface area contributed by atoms with Gasteiger partial charge in [0.2, 0.25) is 0 Å². The Hall–Kier alpha value is -7.74. The first kappa shape index (κ1) is 33.8. The Morgan fingerprint density at radius 1 is 0.333 bits per heavy atom. The molecule has 0 saturated heterocycles. The summed E-state index contributed by atoms with van der Waals surface area (Å²) < 4.78 is 0. The zero-order valence-corrected chi connectivity index (χ0v) is 30.9. The average Bonchev–Trinajstić information content (AvgIpc) is 3.61. The van der Waals surface area contributed by atoms with E-state index in [1.807, 2.05) is 60.7 Å². The molecule has 0 bridgehead atoms. The van der Waals surface area contributed by atoms with E-state index in [1.54, 1.807) is 0 Å². The number of nitrogens with zero attached hydrogens (tertiary/aromatic N) is 4. The zero-order chi connectivity index (χ0) is 38.2. The molecule has 9 aromatic rings. The fourth-order valence-corrected chi connectivity index (χ4v) is 8.40. The van der Waals surface area contributed by atoms with Gasteiger partial charge in [-0.3, -0.25) is 0 Å². The molecule has 57 heavy (non-hydrogen) atoms. The predicted molar refractivity (Wildman–Crippen MR) is 229 cm³/mol. The molecule has 1 aliphatic rings. The maximum atomic E-state index is 9.48. The Balaban J connectivity index is 1.18. The minimum absolute atomic E-state index is 0.604. The van der Waals surface area contributed by atoms with Crippen LogP contribution in [-0.2, 0) is 5.41 Å². The summed E-state index contributed by atoms with van der Waals surface area (Å²) in [5.74, 6) is 1.84. The van der Waals surface area contributed by atoms with Crippen molar-refractivity contribution < 1.29 is 0 Å². The fraction of sp³-hybridized carbons (Fsp3) is 0.0189. The first-order valence-corrected chi connectivity index (χ1v) is 19.1. The van der Waals surface area contributed by atoms with Gasteiger partial charge in [0.25, 0.3) is 0 Å². The van der Waals surface area contributed by atoms with Crippen molar-refractivity contribution in [1.29, 1.82) is 5.26 Å². The number of benzene rings is 8. The fourth-order valence-electron chi connectivity index (χ4n) is 8.40. The highest BCUT2D eigenvalue weighted by molar-refractivity contribution is 5.87. The number of rotatable bonds is 7. The van der Waals surface area contributed by atoms with Crippen molar-refractivity contribution in [2.45, 2.75) is 5.41 Å². The smallest absolute Gasteiger partial charge is 0.164 e. The normalized spacial score (nSPS) is 12.3. The van der Waals surface area contributed by atoms with E-state index in [0.717, 1.165) is 50.1 Å². The number of nitriles is 1. The molecule has 1 aliphatic carbocycles. The number of hydrogen-bond acceptors (Lipinski definition) is 4. The van der Waals surface area contributed by atoms with Crippen LogP contribution in [0, 0.1) is 11.3 Å². The van der Waals surface area contributed by atoms with E-state index >= 15 is 0 Å². The monoisotopic (exact) mass is 726 g/mol. The lowest BCUT2D eigenvalue weighted by molar-refractivity contribution is 0.769. The molecule has 0 atom stereocenters. The van der Waals surface area contributed by atoms with Gasteiger partial charge >= 0.3 is 0 Å². The molecule has 4 nitrogen and oxygen atoms in total. The van der Waals surface area contributed by atoms with E-state index in [2.05, 4.69) is 152 Å². The van der Waals surface area contributed by atoms with E-state index in [4.69, 9.17) is 15.0 Å². The number of hydrogen-bond donors (Lipinski definition) is 0. The van der Waals surface area contributed by atoms with Crippen LogP contribution in [0.25, 0.3) is 67.5 Å². The van der Waals surface area contributed by atoms with Crippen molar-refractivity contribution in [2.75, 3.05) is 0 Å². The summed E-state index contributed by atoms with van der Waals surface area (Å²) in [6, 6.07) is 74.1. The molecule has 0 saturated carbocycles. The van der Waals surface area contributed by atoms with Crippen LogP contribution in [0.15, 0.2) is 206 Å². The molecule has 8 aromatic carbocycles. The zero-order valence-electron chi connectivity index (χ0n) is 30.9. The second kappa shape index (κ2) is 14.2. The Kier molecular flexibility index (Phi) is 8.39. The van der Waals surface area contributed by atoms with Crippen molar-refractivity contribution in [3.63, 3.8) is 0 Å². The van der Waals surface area contributed by atoms with Crippen LogP contribution in [0.3, 0.4) is 0 Å². The molecule has 0 spiro atoms. The van der Waals surface area contributed by atoms with Gasteiger partial charge in [-0.15, -0.1) is 0 Å². The minimum Gasteiger partial charge on any atom is -0.208 e. The summed E-state index contributed by atoms with van der Waals surface area (Å²) in [6.07, 6.45) is 0. The van der Waals surface area contributed by atoms with E-state index in [0.29, 0.717) is 23.0 Å². The molecular formula is C53H34N4. The van der Waals surface area contributed by atoms with Crippen LogP contribution in [0.5, 0.6) is 0 Å². The van der Waals surface area contributed by atoms with Gasteiger partial charge in [-0.1, -0.05) is 176 Å². The van der Waals surface area contributed by atoms with Crippen molar-refractivity contribution in [1.82, 2.24) is 15.0 Å². The molecule has 10 rings (SSSR count). The molecule has 0 radical (unpaired) electrons. The summed E-state index contributed by atoms with van der Waals surface area (Å²) in [5.41, 5.74) is 14.3. The van der Waals surface area contributed by atoms with Gasteiger partial charge in [0.1, 0.15) is 0 Å². The van der Waals surface area contributed by atoms with Crippen LogP contribution in [0.4, 0.5) is 0 Å². The van der Waals surface area contributed by atoms with Crippen LogP contribution >= 0.6 is 0 Å². The van der Waals surface area contributed by atoms with E-state index in [1.165, 1.54) is 22.3 Å². The Morgan fingerprint density at radius 3 is 1.32 bits per heavy atom. The molecule has 4 heteroatoms. The van der Waals surface area contributed by atoms with Crippen LogP contribution in [0.1, 0.15) is 27.8 Å². The third-order valence-corrected chi connectivity index (χ3v) is 11.0. The molecule has 0 aliphatic heterocycles. The largest absolute Gasteiger partial charge is 0.208 e. The van der Waals surface area contributed by atoms with E-state index in [9.17, 15) is 5.26 Å². The van der Waals surface area contributed by atoms with Crippen molar-refractivity contribution in [2.24, 2.45) is 0 Å². The van der Waals surface area contributed by atoms with Crippen LogP contribution in [-0.4, -0.2) is 15.0 Å². The molecule has 0 fully saturated rings. The van der Waals surface area contributed by atoms with Gasteiger partial charge in [-0.05, 0) is 86.0 Å². The van der Waals surface area contributed by atoms with Crippen molar-refractivity contribution in [3.8, 4) is 73.6 Å². The van der Waals surface area contributed by atoms with Gasteiger partial charge in [-0.2, -0.15) is 5.26 Å². The highest BCUT2D eigenvalue weighted by atomic mass is 15.0. The highest BCUT2D eigenvalue weighted by Crippen LogP contribution is 2.56. The molecule has 1 heterocycles. The average molecular weight is 727 g/mol. The second-order valence-corrected chi connectivity index (χ2v) is 14.3. The van der Waals surface area contributed by atoms with Crippen molar-refractivity contribution in [3.05, 3.63) is 234 Å². The lowest BCUT2D eigenvalue weighted by Gasteiger charge is -2.34. The van der Waals surface area contributed by atoms with Gasteiger partial charge < -0.3 is 0 Å². The first-order chi connectivity index (χ1) is 28.2. The SMILES string of the molecule is N#Cc1ccc(-c2cccc(C3(c4cccc(-c5nc(-c6ccccc6)nc(-c6cccc(-c7ccccc7)c6)n5)c4)c4ccccc4-c4ccccc43)c2)cc1. The van der Waals surface area contributed by atoms with Gasteiger partial charge in [-0.25, -0.2) is 15.0 Å².